The molecule has 0 aliphatic carbocycles. The molecule has 148 valence electrons. The van der Waals surface area contributed by atoms with Gasteiger partial charge in [0.2, 0.25) is 17.8 Å². The van der Waals surface area contributed by atoms with Crippen LogP contribution in [-0.2, 0) is 0 Å². The van der Waals surface area contributed by atoms with E-state index in [4.69, 9.17) is 0 Å². The number of aromatic nitrogens is 3. The number of para-hydroxylation sites is 1. The molecule has 0 radical (unpaired) electrons. The molecule has 0 amide bonds. The van der Waals surface area contributed by atoms with Crippen molar-refractivity contribution in [2.24, 2.45) is 5.10 Å². The summed E-state index contributed by atoms with van der Waals surface area (Å²) in [6.45, 7) is 1.91. The molecule has 4 rings (SSSR count). The molecule has 0 saturated carbocycles. The number of halogens is 1. The molecule has 0 spiro atoms. The van der Waals surface area contributed by atoms with E-state index in [1.165, 1.54) is 6.42 Å². The standard InChI is InChI=1S/C21H22BrN7/c22-17-9-7-8-16(14-17)15-23-28-20-25-19(24-18-10-3-1-4-11-18)26-21(27-20)29-12-5-2-6-13-29/h1,3-4,7-11,14-15H,2,5-6,12-13H2,(H2,24,25,26,27,28). The fourth-order valence-electron chi connectivity index (χ4n) is 3.11. The molecule has 8 heteroatoms. The fraction of sp³-hybridized carbons (Fsp3) is 0.238. The Balaban J connectivity index is 1.56. The highest BCUT2D eigenvalue weighted by Gasteiger charge is 2.16. The first-order chi connectivity index (χ1) is 14.3. The van der Waals surface area contributed by atoms with Gasteiger partial charge in [0, 0.05) is 23.2 Å². The summed E-state index contributed by atoms with van der Waals surface area (Å²) in [6.07, 6.45) is 5.28. The Morgan fingerprint density at radius 3 is 2.48 bits per heavy atom. The van der Waals surface area contributed by atoms with Gasteiger partial charge in [0.15, 0.2) is 0 Å². The second kappa shape index (κ2) is 9.47. The fourth-order valence-corrected chi connectivity index (χ4v) is 3.52. The zero-order chi connectivity index (χ0) is 19.9. The number of anilines is 4. The summed E-state index contributed by atoms with van der Waals surface area (Å²) in [5.41, 5.74) is 4.84. The normalized spacial score (nSPS) is 14.2. The van der Waals surface area contributed by atoms with Gasteiger partial charge in [0.1, 0.15) is 0 Å². The van der Waals surface area contributed by atoms with Crippen LogP contribution in [-0.4, -0.2) is 34.3 Å². The van der Waals surface area contributed by atoms with Crippen LogP contribution < -0.4 is 15.6 Å². The van der Waals surface area contributed by atoms with Crippen LogP contribution >= 0.6 is 15.9 Å². The van der Waals surface area contributed by atoms with Crippen molar-refractivity contribution in [2.75, 3.05) is 28.7 Å². The van der Waals surface area contributed by atoms with Gasteiger partial charge < -0.3 is 10.2 Å². The largest absolute Gasteiger partial charge is 0.341 e. The van der Waals surface area contributed by atoms with E-state index < -0.39 is 0 Å². The topological polar surface area (TPSA) is 78.3 Å². The number of hydrogen-bond acceptors (Lipinski definition) is 7. The third kappa shape index (κ3) is 5.51. The van der Waals surface area contributed by atoms with Crippen LogP contribution in [0.25, 0.3) is 0 Å². The Hall–Kier alpha value is -3.00. The van der Waals surface area contributed by atoms with Crippen molar-refractivity contribution in [3.05, 3.63) is 64.6 Å². The van der Waals surface area contributed by atoms with Crippen LogP contribution in [0.4, 0.5) is 23.5 Å². The van der Waals surface area contributed by atoms with Gasteiger partial charge in [0.05, 0.1) is 6.21 Å². The molecule has 1 fully saturated rings. The molecule has 29 heavy (non-hydrogen) atoms. The zero-order valence-corrected chi connectivity index (χ0v) is 17.5. The monoisotopic (exact) mass is 451 g/mol. The van der Waals surface area contributed by atoms with Crippen molar-refractivity contribution < 1.29 is 0 Å². The van der Waals surface area contributed by atoms with Gasteiger partial charge in [-0.15, -0.1) is 0 Å². The summed E-state index contributed by atoms with van der Waals surface area (Å²) in [7, 11) is 0. The number of hydrazone groups is 1. The highest BCUT2D eigenvalue weighted by Crippen LogP contribution is 2.20. The van der Waals surface area contributed by atoms with Gasteiger partial charge in [-0.25, -0.2) is 5.43 Å². The van der Waals surface area contributed by atoms with E-state index >= 15 is 0 Å². The van der Waals surface area contributed by atoms with Crippen molar-refractivity contribution in [1.82, 2.24) is 15.0 Å². The first kappa shape index (κ1) is 19.3. The van der Waals surface area contributed by atoms with E-state index in [-0.39, 0.29) is 0 Å². The van der Waals surface area contributed by atoms with Gasteiger partial charge in [-0.1, -0.05) is 46.3 Å². The van der Waals surface area contributed by atoms with Gasteiger partial charge in [-0.3, -0.25) is 0 Å². The van der Waals surface area contributed by atoms with Crippen molar-refractivity contribution in [3.8, 4) is 0 Å². The van der Waals surface area contributed by atoms with Crippen molar-refractivity contribution in [3.63, 3.8) is 0 Å². The Kier molecular flexibility index (Phi) is 6.31. The van der Waals surface area contributed by atoms with Crippen LogP contribution in [0.2, 0.25) is 0 Å². The molecule has 7 nitrogen and oxygen atoms in total. The van der Waals surface area contributed by atoms with Crippen LogP contribution in [0.15, 0.2) is 64.2 Å². The number of nitrogens with zero attached hydrogens (tertiary/aromatic N) is 5. The number of rotatable bonds is 6. The molecule has 0 atom stereocenters. The van der Waals surface area contributed by atoms with Gasteiger partial charge >= 0.3 is 0 Å². The van der Waals surface area contributed by atoms with Crippen LogP contribution in [0, 0.1) is 0 Å². The molecule has 1 aliphatic rings. The van der Waals surface area contributed by atoms with Crippen LogP contribution in [0.1, 0.15) is 24.8 Å². The van der Waals surface area contributed by atoms with Crippen LogP contribution in [0.5, 0.6) is 0 Å². The molecule has 2 heterocycles. The Bertz CT molecular complexity index is 972. The van der Waals surface area contributed by atoms with Crippen molar-refractivity contribution in [2.45, 2.75) is 19.3 Å². The molecule has 1 aliphatic heterocycles. The van der Waals surface area contributed by atoms with Crippen LogP contribution in [0.3, 0.4) is 0 Å². The molecule has 1 saturated heterocycles. The molecule has 2 aromatic carbocycles. The Labute approximate surface area is 178 Å². The molecule has 3 aromatic rings. The smallest absolute Gasteiger partial charge is 0.250 e. The minimum atomic E-state index is 0.408. The summed E-state index contributed by atoms with van der Waals surface area (Å²) in [6, 6.07) is 17.8. The third-order valence-electron chi connectivity index (χ3n) is 4.52. The lowest BCUT2D eigenvalue weighted by Gasteiger charge is -2.26. The summed E-state index contributed by atoms with van der Waals surface area (Å²) in [5.74, 6) is 1.57. The van der Waals surface area contributed by atoms with E-state index in [1.807, 2.05) is 54.6 Å². The maximum absolute atomic E-state index is 4.62. The lowest BCUT2D eigenvalue weighted by Crippen LogP contribution is -2.31. The second-order valence-electron chi connectivity index (χ2n) is 6.75. The number of piperidine rings is 1. The van der Waals surface area contributed by atoms with E-state index in [0.717, 1.165) is 41.7 Å². The van der Waals surface area contributed by atoms with E-state index in [9.17, 15) is 0 Å². The van der Waals surface area contributed by atoms with Crippen molar-refractivity contribution >= 4 is 45.7 Å². The first-order valence-corrected chi connectivity index (χ1v) is 10.4. The SMILES string of the molecule is Brc1cccc(C=NNc2nc(Nc3ccccc3)nc(N3CCCCC3)n2)c1. The molecule has 2 N–H and O–H groups in total. The maximum atomic E-state index is 4.62. The predicted octanol–water partition coefficient (Wildman–Crippen LogP) is 4.81. The molecule has 1 aromatic heterocycles. The molecule has 0 bridgehead atoms. The lowest BCUT2D eigenvalue weighted by molar-refractivity contribution is 0.568. The number of nitrogens with one attached hydrogen (secondary N) is 2. The Morgan fingerprint density at radius 2 is 1.69 bits per heavy atom. The predicted molar refractivity (Wildman–Crippen MR) is 121 cm³/mol. The average molecular weight is 452 g/mol. The second-order valence-corrected chi connectivity index (χ2v) is 7.66. The Morgan fingerprint density at radius 1 is 0.897 bits per heavy atom. The number of benzene rings is 2. The minimum absolute atomic E-state index is 0.408. The average Bonchev–Trinajstić information content (AvgIpc) is 2.75. The highest BCUT2D eigenvalue weighted by molar-refractivity contribution is 9.10. The van der Waals surface area contributed by atoms with E-state index in [0.29, 0.717) is 17.8 Å². The molecular formula is C21H22BrN7. The summed E-state index contributed by atoms with van der Waals surface area (Å²) >= 11 is 3.46. The molecular weight excluding hydrogens is 430 g/mol. The van der Waals surface area contributed by atoms with Gasteiger partial charge in [-0.2, -0.15) is 20.1 Å². The minimum Gasteiger partial charge on any atom is -0.341 e. The zero-order valence-electron chi connectivity index (χ0n) is 15.9. The quantitative estimate of drug-likeness (QED) is 0.413. The molecule has 0 unspecified atom stereocenters. The lowest BCUT2D eigenvalue weighted by atomic mass is 10.1. The van der Waals surface area contributed by atoms with Crippen molar-refractivity contribution in [1.29, 1.82) is 0 Å². The highest BCUT2D eigenvalue weighted by atomic mass is 79.9. The summed E-state index contributed by atoms with van der Waals surface area (Å²) in [4.78, 5) is 15.9. The number of hydrogen-bond donors (Lipinski definition) is 2. The van der Waals surface area contributed by atoms with E-state index in [2.05, 4.69) is 51.6 Å². The first-order valence-electron chi connectivity index (χ1n) is 9.64. The maximum Gasteiger partial charge on any atom is 0.250 e. The third-order valence-corrected chi connectivity index (χ3v) is 5.01. The summed E-state index contributed by atoms with van der Waals surface area (Å²) < 4.78 is 1.00. The van der Waals surface area contributed by atoms with Gasteiger partial charge in [-0.05, 0) is 49.1 Å². The van der Waals surface area contributed by atoms with Gasteiger partial charge in [0.25, 0.3) is 0 Å². The summed E-state index contributed by atoms with van der Waals surface area (Å²) in [5, 5.41) is 7.54. The van der Waals surface area contributed by atoms with E-state index in [1.54, 1.807) is 6.21 Å².